The normalized spacial score (nSPS) is 13.1. The quantitative estimate of drug-likeness (QED) is 0.747. The van der Waals surface area contributed by atoms with Crippen molar-refractivity contribution in [3.05, 3.63) is 70.2 Å². The zero-order valence-corrected chi connectivity index (χ0v) is 15.1. The average molecular weight is 351 g/mol. The van der Waals surface area contributed by atoms with Crippen LogP contribution < -0.4 is 10.2 Å². The number of likely N-dealkylation sites (N-methyl/N-ethyl adjacent to an activating group) is 1. The minimum atomic E-state index is -0.0671. The summed E-state index contributed by atoms with van der Waals surface area (Å²) < 4.78 is 1.99. The van der Waals surface area contributed by atoms with Crippen molar-refractivity contribution < 1.29 is 4.79 Å². The van der Waals surface area contributed by atoms with Gasteiger partial charge in [0, 0.05) is 35.5 Å². The van der Waals surface area contributed by atoms with Gasteiger partial charge in [0.25, 0.3) is 5.91 Å². The van der Waals surface area contributed by atoms with E-state index in [1.165, 1.54) is 16.1 Å². The average Bonchev–Trinajstić information content (AvgIpc) is 3.35. The van der Waals surface area contributed by atoms with Crippen LogP contribution >= 0.6 is 11.3 Å². The van der Waals surface area contributed by atoms with Gasteiger partial charge in [-0.1, -0.05) is 12.1 Å². The molecule has 1 amide bonds. The number of carbonyl (C=O) groups is 1. The number of hydrogen-bond donors (Lipinski definition) is 1. The highest BCUT2D eigenvalue weighted by Crippen LogP contribution is 2.30. The molecule has 0 fully saturated rings. The molecular weight excluding hydrogens is 330 g/mol. The van der Waals surface area contributed by atoms with E-state index in [0.717, 1.165) is 31.7 Å². The Morgan fingerprint density at radius 3 is 2.96 bits per heavy atom. The van der Waals surface area contributed by atoms with Crippen molar-refractivity contribution in [2.75, 3.05) is 23.3 Å². The number of amides is 1. The molecule has 1 aliphatic rings. The van der Waals surface area contributed by atoms with E-state index in [4.69, 9.17) is 0 Å². The highest BCUT2D eigenvalue weighted by molar-refractivity contribution is 7.09. The third kappa shape index (κ3) is 3.20. The Bertz CT molecular complexity index is 882. The predicted molar refractivity (Wildman–Crippen MR) is 104 cm³/mol. The summed E-state index contributed by atoms with van der Waals surface area (Å²) in [5, 5.41) is 5.11. The smallest absolute Gasteiger partial charge is 0.272 e. The molecule has 4 nitrogen and oxygen atoms in total. The number of rotatable bonds is 5. The molecule has 3 heterocycles. The maximum Gasteiger partial charge on any atom is 0.272 e. The van der Waals surface area contributed by atoms with Gasteiger partial charge in [-0.25, -0.2) is 0 Å². The number of fused-ring (bicyclic) bond motifs is 1. The summed E-state index contributed by atoms with van der Waals surface area (Å²) in [6.45, 7) is 4.94. The molecule has 4 rings (SSSR count). The Morgan fingerprint density at radius 1 is 1.24 bits per heavy atom. The molecule has 0 saturated heterocycles. The van der Waals surface area contributed by atoms with E-state index in [1.54, 1.807) is 11.3 Å². The first kappa shape index (κ1) is 16.0. The molecule has 128 valence electrons. The largest absolute Gasteiger partial charge is 0.371 e. The first-order valence-corrected chi connectivity index (χ1v) is 9.49. The van der Waals surface area contributed by atoms with E-state index < -0.39 is 0 Å². The Morgan fingerprint density at radius 2 is 2.16 bits per heavy atom. The van der Waals surface area contributed by atoms with Gasteiger partial charge in [0.2, 0.25) is 0 Å². The molecule has 3 aromatic rings. The SMILES string of the molecule is CCN1CCc2ccc(NC(=O)c3cccn3Cc3cccs3)cc21. The molecule has 1 aromatic carbocycles. The van der Waals surface area contributed by atoms with Crippen molar-refractivity contribution in [1.29, 1.82) is 0 Å². The Labute approximate surface area is 151 Å². The number of nitrogens with one attached hydrogen (secondary N) is 1. The highest BCUT2D eigenvalue weighted by atomic mass is 32.1. The van der Waals surface area contributed by atoms with Gasteiger partial charge in [0.15, 0.2) is 0 Å². The van der Waals surface area contributed by atoms with Gasteiger partial charge in [-0.3, -0.25) is 4.79 Å². The minimum Gasteiger partial charge on any atom is -0.371 e. The summed E-state index contributed by atoms with van der Waals surface area (Å²) in [4.78, 5) is 16.3. The number of carbonyl (C=O) groups excluding carboxylic acids is 1. The second-order valence-corrected chi connectivity index (χ2v) is 7.26. The highest BCUT2D eigenvalue weighted by Gasteiger charge is 2.19. The number of hydrogen-bond acceptors (Lipinski definition) is 3. The van der Waals surface area contributed by atoms with E-state index in [-0.39, 0.29) is 5.91 Å². The molecule has 2 aromatic heterocycles. The van der Waals surface area contributed by atoms with Crippen LogP contribution in [0.4, 0.5) is 11.4 Å². The number of aromatic nitrogens is 1. The van der Waals surface area contributed by atoms with Crippen molar-refractivity contribution in [3.63, 3.8) is 0 Å². The summed E-state index contributed by atoms with van der Waals surface area (Å²) in [5.41, 5.74) is 4.14. The first-order chi connectivity index (χ1) is 12.2. The van der Waals surface area contributed by atoms with Crippen molar-refractivity contribution in [1.82, 2.24) is 4.57 Å². The number of nitrogens with zero attached hydrogens (tertiary/aromatic N) is 2. The fraction of sp³-hybridized carbons (Fsp3) is 0.250. The van der Waals surface area contributed by atoms with E-state index in [9.17, 15) is 4.79 Å². The lowest BCUT2D eigenvalue weighted by Gasteiger charge is -2.17. The van der Waals surface area contributed by atoms with Gasteiger partial charge in [-0.15, -0.1) is 11.3 Å². The van der Waals surface area contributed by atoms with Gasteiger partial charge in [0.05, 0.1) is 6.54 Å². The number of benzene rings is 1. The van der Waals surface area contributed by atoms with Gasteiger partial charge in [-0.05, 0) is 54.6 Å². The predicted octanol–water partition coefficient (Wildman–Crippen LogP) is 4.23. The zero-order valence-electron chi connectivity index (χ0n) is 14.2. The lowest BCUT2D eigenvalue weighted by Crippen LogP contribution is -2.20. The molecule has 0 bridgehead atoms. The molecule has 0 spiro atoms. The summed E-state index contributed by atoms with van der Waals surface area (Å²) in [5.74, 6) is -0.0671. The Kier molecular flexibility index (Phi) is 4.32. The van der Waals surface area contributed by atoms with Crippen molar-refractivity contribution in [2.24, 2.45) is 0 Å². The Hall–Kier alpha value is -2.53. The molecule has 0 aliphatic carbocycles. The molecule has 0 atom stereocenters. The van der Waals surface area contributed by atoms with Crippen LogP contribution in [0.1, 0.15) is 27.9 Å². The molecule has 0 radical (unpaired) electrons. The maximum atomic E-state index is 12.7. The van der Waals surface area contributed by atoms with Gasteiger partial charge in [0.1, 0.15) is 5.69 Å². The van der Waals surface area contributed by atoms with Crippen molar-refractivity contribution in [2.45, 2.75) is 19.9 Å². The summed E-state index contributed by atoms with van der Waals surface area (Å²) in [7, 11) is 0. The van der Waals surface area contributed by atoms with Crippen LogP contribution in [0.2, 0.25) is 0 Å². The van der Waals surface area contributed by atoms with E-state index in [2.05, 4.69) is 40.7 Å². The van der Waals surface area contributed by atoms with E-state index >= 15 is 0 Å². The number of thiophene rings is 1. The lowest BCUT2D eigenvalue weighted by atomic mass is 10.1. The Balaban J connectivity index is 1.52. The third-order valence-electron chi connectivity index (χ3n) is 4.69. The van der Waals surface area contributed by atoms with Gasteiger partial charge >= 0.3 is 0 Å². The molecular formula is C20H21N3OS. The monoisotopic (exact) mass is 351 g/mol. The van der Waals surface area contributed by atoms with Crippen LogP contribution in [0.3, 0.4) is 0 Å². The van der Waals surface area contributed by atoms with E-state index in [0.29, 0.717) is 5.69 Å². The zero-order chi connectivity index (χ0) is 17.2. The first-order valence-electron chi connectivity index (χ1n) is 8.61. The van der Waals surface area contributed by atoms with Gasteiger partial charge in [-0.2, -0.15) is 0 Å². The second kappa shape index (κ2) is 6.76. The van der Waals surface area contributed by atoms with Crippen LogP contribution in [0, 0.1) is 0 Å². The van der Waals surface area contributed by atoms with Crippen LogP contribution in [0.5, 0.6) is 0 Å². The third-order valence-corrected chi connectivity index (χ3v) is 5.55. The summed E-state index contributed by atoms with van der Waals surface area (Å²) >= 11 is 1.70. The molecule has 0 unspecified atom stereocenters. The fourth-order valence-corrected chi connectivity index (χ4v) is 4.08. The van der Waals surface area contributed by atoms with Crippen LogP contribution in [0.15, 0.2) is 54.0 Å². The molecule has 0 saturated carbocycles. The molecule has 1 aliphatic heterocycles. The minimum absolute atomic E-state index is 0.0671. The number of anilines is 2. The summed E-state index contributed by atoms with van der Waals surface area (Å²) in [6.07, 6.45) is 3.04. The lowest BCUT2D eigenvalue weighted by molar-refractivity contribution is 0.101. The second-order valence-electron chi connectivity index (χ2n) is 6.23. The van der Waals surface area contributed by atoms with Crippen LogP contribution in [-0.2, 0) is 13.0 Å². The maximum absolute atomic E-state index is 12.7. The van der Waals surface area contributed by atoms with Crippen molar-refractivity contribution in [3.8, 4) is 0 Å². The fourth-order valence-electron chi connectivity index (χ4n) is 3.38. The van der Waals surface area contributed by atoms with Gasteiger partial charge < -0.3 is 14.8 Å². The summed E-state index contributed by atoms with van der Waals surface area (Å²) in [6, 6.07) is 14.1. The van der Waals surface area contributed by atoms with Crippen LogP contribution in [-0.4, -0.2) is 23.6 Å². The van der Waals surface area contributed by atoms with Crippen LogP contribution in [0.25, 0.3) is 0 Å². The molecule has 5 heteroatoms. The standard InChI is InChI=1S/C20H21N3OS/c1-2-22-11-9-15-7-8-16(13-19(15)22)21-20(24)18-6-3-10-23(18)14-17-5-4-12-25-17/h3-8,10,12-13H,2,9,11,14H2,1H3,(H,21,24). The molecule has 25 heavy (non-hydrogen) atoms. The topological polar surface area (TPSA) is 37.3 Å². The van der Waals surface area contributed by atoms with E-state index in [1.807, 2.05) is 35.0 Å². The molecule has 1 N–H and O–H groups in total. The van der Waals surface area contributed by atoms with Crippen molar-refractivity contribution >= 4 is 28.6 Å².